The van der Waals surface area contributed by atoms with Gasteiger partial charge < -0.3 is 0 Å². The SMILES string of the molecule is Cc1ccc(-n2c(=O)c3ccccc3n(Cc3cccc(Cl)c3)c2=O)cc1. The Morgan fingerprint density at radius 3 is 2.37 bits per heavy atom. The van der Waals surface area contributed by atoms with Crippen LogP contribution in [-0.4, -0.2) is 9.13 Å². The van der Waals surface area contributed by atoms with Crippen LogP contribution in [0.25, 0.3) is 16.6 Å². The third-order valence-electron chi connectivity index (χ3n) is 4.57. The molecule has 0 aliphatic rings. The molecule has 0 fully saturated rings. The fourth-order valence-electron chi connectivity index (χ4n) is 3.21. The Balaban J connectivity index is 2.01. The highest BCUT2D eigenvalue weighted by Crippen LogP contribution is 2.15. The molecule has 27 heavy (non-hydrogen) atoms. The third kappa shape index (κ3) is 3.20. The fraction of sp³-hybridized carbons (Fsp3) is 0.0909. The number of benzene rings is 3. The van der Waals surface area contributed by atoms with Crippen LogP contribution in [0, 0.1) is 6.92 Å². The lowest BCUT2D eigenvalue weighted by molar-refractivity contribution is 0.714. The molecule has 4 rings (SSSR count). The maximum absolute atomic E-state index is 13.3. The van der Waals surface area contributed by atoms with Crippen LogP contribution in [0.15, 0.2) is 82.4 Å². The molecule has 0 atom stereocenters. The van der Waals surface area contributed by atoms with Gasteiger partial charge in [0.2, 0.25) is 0 Å². The standard InChI is InChI=1S/C22H17ClN2O2/c1-15-9-11-18(12-10-15)25-21(26)19-7-2-3-8-20(19)24(22(25)27)14-16-5-4-6-17(23)13-16/h2-13H,14H2,1H3. The number of aryl methyl sites for hydroxylation is 1. The van der Waals surface area contributed by atoms with Crippen LogP contribution < -0.4 is 11.2 Å². The van der Waals surface area contributed by atoms with Gasteiger partial charge in [0.15, 0.2) is 0 Å². The molecule has 134 valence electrons. The first-order chi connectivity index (χ1) is 13.0. The largest absolute Gasteiger partial charge is 0.336 e. The lowest BCUT2D eigenvalue weighted by atomic mass is 10.2. The number of fused-ring (bicyclic) bond motifs is 1. The number of hydrogen-bond donors (Lipinski definition) is 0. The van der Waals surface area contributed by atoms with Crippen LogP contribution in [-0.2, 0) is 6.54 Å². The van der Waals surface area contributed by atoms with Crippen LogP contribution in [0.4, 0.5) is 0 Å². The third-order valence-corrected chi connectivity index (χ3v) is 4.81. The normalized spacial score (nSPS) is 11.0. The molecule has 5 heteroatoms. The van der Waals surface area contributed by atoms with Gasteiger partial charge in [-0.3, -0.25) is 9.36 Å². The Labute approximate surface area is 160 Å². The van der Waals surface area contributed by atoms with E-state index in [4.69, 9.17) is 11.6 Å². The molecule has 4 nitrogen and oxygen atoms in total. The van der Waals surface area contributed by atoms with Crippen molar-refractivity contribution in [1.29, 1.82) is 0 Å². The van der Waals surface area contributed by atoms with Gasteiger partial charge in [0, 0.05) is 5.02 Å². The highest BCUT2D eigenvalue weighted by atomic mass is 35.5. The van der Waals surface area contributed by atoms with Crippen LogP contribution in [0.2, 0.25) is 5.02 Å². The van der Waals surface area contributed by atoms with E-state index in [-0.39, 0.29) is 11.2 Å². The first-order valence-corrected chi connectivity index (χ1v) is 8.98. The monoisotopic (exact) mass is 376 g/mol. The summed E-state index contributed by atoms with van der Waals surface area (Å²) in [5, 5.41) is 1.11. The predicted molar refractivity (Wildman–Crippen MR) is 109 cm³/mol. The van der Waals surface area contributed by atoms with Crippen molar-refractivity contribution in [2.24, 2.45) is 0 Å². The summed E-state index contributed by atoms with van der Waals surface area (Å²) in [7, 11) is 0. The topological polar surface area (TPSA) is 44.0 Å². The van der Waals surface area contributed by atoms with E-state index < -0.39 is 0 Å². The predicted octanol–water partition coefficient (Wildman–Crippen LogP) is 4.16. The summed E-state index contributed by atoms with van der Waals surface area (Å²) in [6.45, 7) is 2.29. The van der Waals surface area contributed by atoms with Crippen molar-refractivity contribution in [2.45, 2.75) is 13.5 Å². The lowest BCUT2D eigenvalue weighted by Crippen LogP contribution is -2.39. The van der Waals surface area contributed by atoms with Crippen LogP contribution in [0.1, 0.15) is 11.1 Å². The average Bonchev–Trinajstić information content (AvgIpc) is 2.67. The zero-order valence-corrected chi connectivity index (χ0v) is 15.5. The number of rotatable bonds is 3. The van der Waals surface area contributed by atoms with Crippen LogP contribution >= 0.6 is 11.6 Å². The second-order valence-electron chi connectivity index (χ2n) is 6.49. The Kier molecular flexibility index (Phi) is 4.42. The average molecular weight is 377 g/mol. The molecule has 0 aliphatic carbocycles. The molecule has 0 radical (unpaired) electrons. The van der Waals surface area contributed by atoms with Crippen LogP contribution in [0.3, 0.4) is 0 Å². The van der Waals surface area contributed by atoms with E-state index in [9.17, 15) is 9.59 Å². The Hall–Kier alpha value is -3.11. The Morgan fingerprint density at radius 1 is 0.889 bits per heavy atom. The molecular formula is C22H17ClN2O2. The summed E-state index contributed by atoms with van der Waals surface area (Å²) in [5.41, 5.74) is 2.43. The molecule has 0 saturated heterocycles. The van der Waals surface area contributed by atoms with E-state index in [1.165, 1.54) is 4.57 Å². The van der Waals surface area contributed by atoms with Gasteiger partial charge in [-0.25, -0.2) is 9.36 Å². The summed E-state index contributed by atoms with van der Waals surface area (Å²) in [4.78, 5) is 26.3. The van der Waals surface area contributed by atoms with E-state index in [1.54, 1.807) is 41.0 Å². The van der Waals surface area contributed by atoms with E-state index in [1.807, 2.05) is 43.3 Å². The molecule has 0 amide bonds. The van der Waals surface area contributed by atoms with Gasteiger partial charge in [-0.2, -0.15) is 0 Å². The summed E-state index contributed by atoms with van der Waals surface area (Å²) in [6.07, 6.45) is 0. The number of para-hydroxylation sites is 1. The Morgan fingerprint density at radius 2 is 1.63 bits per heavy atom. The lowest BCUT2D eigenvalue weighted by Gasteiger charge is -2.14. The first-order valence-electron chi connectivity index (χ1n) is 8.61. The highest BCUT2D eigenvalue weighted by Gasteiger charge is 2.14. The molecule has 0 spiro atoms. The summed E-state index contributed by atoms with van der Waals surface area (Å²) in [6, 6.07) is 21.9. The summed E-state index contributed by atoms with van der Waals surface area (Å²) >= 11 is 6.09. The number of hydrogen-bond acceptors (Lipinski definition) is 2. The zero-order valence-electron chi connectivity index (χ0n) is 14.7. The molecule has 0 N–H and O–H groups in total. The zero-order chi connectivity index (χ0) is 19.0. The van der Waals surface area contributed by atoms with Crippen molar-refractivity contribution in [1.82, 2.24) is 9.13 Å². The number of halogens is 1. The quantitative estimate of drug-likeness (QED) is 0.539. The van der Waals surface area contributed by atoms with E-state index in [0.29, 0.717) is 28.2 Å². The van der Waals surface area contributed by atoms with Crippen molar-refractivity contribution in [2.75, 3.05) is 0 Å². The molecule has 0 aliphatic heterocycles. The smallest absolute Gasteiger partial charge is 0.288 e. The number of aromatic nitrogens is 2. The minimum absolute atomic E-state index is 0.318. The summed E-state index contributed by atoms with van der Waals surface area (Å²) in [5.74, 6) is 0. The first kappa shape index (κ1) is 17.3. The van der Waals surface area contributed by atoms with Gasteiger partial charge in [0.05, 0.1) is 23.1 Å². The van der Waals surface area contributed by atoms with E-state index in [2.05, 4.69) is 0 Å². The maximum Gasteiger partial charge on any atom is 0.336 e. The Bertz CT molecular complexity index is 1250. The fourth-order valence-corrected chi connectivity index (χ4v) is 3.43. The molecule has 1 heterocycles. The van der Waals surface area contributed by atoms with Crippen molar-refractivity contribution >= 4 is 22.5 Å². The highest BCUT2D eigenvalue weighted by molar-refractivity contribution is 6.30. The second-order valence-corrected chi connectivity index (χ2v) is 6.93. The van der Waals surface area contributed by atoms with Gasteiger partial charge >= 0.3 is 5.69 Å². The molecule has 3 aromatic carbocycles. The molecular weight excluding hydrogens is 360 g/mol. The van der Waals surface area contributed by atoms with Gasteiger partial charge in [-0.1, -0.05) is 53.6 Å². The van der Waals surface area contributed by atoms with Gasteiger partial charge in [-0.15, -0.1) is 0 Å². The van der Waals surface area contributed by atoms with Crippen molar-refractivity contribution < 1.29 is 0 Å². The maximum atomic E-state index is 13.3. The molecule has 0 unspecified atom stereocenters. The van der Waals surface area contributed by atoms with Crippen LogP contribution in [0.5, 0.6) is 0 Å². The van der Waals surface area contributed by atoms with Crippen molar-refractivity contribution in [3.8, 4) is 5.69 Å². The minimum atomic E-state index is -0.373. The molecule has 1 aromatic heterocycles. The second kappa shape index (κ2) is 6.89. The van der Waals surface area contributed by atoms with Crippen molar-refractivity contribution in [3.05, 3.63) is 110 Å². The number of nitrogens with zero attached hydrogens (tertiary/aromatic N) is 2. The van der Waals surface area contributed by atoms with Gasteiger partial charge in [0.1, 0.15) is 0 Å². The molecule has 0 bridgehead atoms. The minimum Gasteiger partial charge on any atom is -0.288 e. The van der Waals surface area contributed by atoms with Crippen molar-refractivity contribution in [3.63, 3.8) is 0 Å². The van der Waals surface area contributed by atoms with E-state index >= 15 is 0 Å². The molecule has 0 saturated carbocycles. The van der Waals surface area contributed by atoms with Gasteiger partial charge in [0.25, 0.3) is 5.56 Å². The molecule has 4 aromatic rings. The van der Waals surface area contributed by atoms with Gasteiger partial charge in [-0.05, 0) is 48.9 Å². The van der Waals surface area contributed by atoms with E-state index in [0.717, 1.165) is 11.1 Å². The summed E-state index contributed by atoms with van der Waals surface area (Å²) < 4.78 is 2.84.